The normalized spacial score (nSPS) is 23.1. The van der Waals surface area contributed by atoms with Gasteiger partial charge in [-0.25, -0.2) is 0 Å². The van der Waals surface area contributed by atoms with Gasteiger partial charge in [0.15, 0.2) is 5.79 Å². The molecule has 4 nitrogen and oxygen atoms in total. The molecule has 0 aromatic rings. The molecule has 0 saturated carbocycles. The quantitative estimate of drug-likeness (QED) is 0.686. The molecule has 1 unspecified atom stereocenters. The first kappa shape index (κ1) is 37.3. The average molecular weight is 373 g/mol. The van der Waals surface area contributed by atoms with Gasteiger partial charge in [0, 0.05) is 46.2 Å². The minimum Gasteiger partial charge on any atom is -0.382 e. The van der Waals surface area contributed by atoms with E-state index < -0.39 is 5.79 Å². The van der Waals surface area contributed by atoms with Crippen molar-refractivity contribution in [2.45, 2.75) is 69.3 Å². The maximum absolute atomic E-state index is 5.69. The Balaban J connectivity index is -0.0000000700. The van der Waals surface area contributed by atoms with Crippen LogP contribution in [0.1, 0.15) is 57.9 Å². The van der Waals surface area contributed by atoms with Crippen LogP contribution >= 0.6 is 0 Å². The Bertz CT molecular complexity index is 188. The first-order valence-corrected chi connectivity index (χ1v) is 4.59. The first-order valence-electron chi connectivity index (χ1n) is 4.59. The number of hydrogen-bond acceptors (Lipinski definition) is 4. The van der Waals surface area contributed by atoms with Gasteiger partial charge in [0.1, 0.15) is 5.60 Å². The molecule has 0 amide bonds. The molecule has 2 rings (SSSR count). The van der Waals surface area contributed by atoms with E-state index in [0.29, 0.717) is 13.2 Å². The van der Waals surface area contributed by atoms with Gasteiger partial charge in [0.05, 0.1) is 26.4 Å². The Morgan fingerprint density at radius 2 is 1.40 bits per heavy atom. The van der Waals surface area contributed by atoms with Gasteiger partial charge in [0.2, 0.25) is 0 Å². The Morgan fingerprint density at radius 3 is 1.70 bits per heavy atom. The molecule has 0 aromatic carbocycles. The molecule has 0 aliphatic carbocycles. The summed E-state index contributed by atoms with van der Waals surface area (Å²) in [6.45, 7) is 4.60. The van der Waals surface area contributed by atoms with Crippen LogP contribution in [0, 0.1) is 0 Å². The zero-order chi connectivity index (χ0) is 9.36. The van der Waals surface area contributed by atoms with Crippen LogP contribution in [0.5, 0.6) is 0 Å². The smallest absolute Gasteiger partial charge is 0.169 e. The minimum absolute atomic E-state index is 0. The molecule has 0 N–H and O–H groups in total. The monoisotopic (exact) mass is 373 g/mol. The second kappa shape index (κ2) is 14.9. The van der Waals surface area contributed by atoms with Crippen molar-refractivity contribution in [1.29, 1.82) is 0 Å². The van der Waals surface area contributed by atoms with Crippen molar-refractivity contribution in [3.63, 3.8) is 0 Å². The van der Waals surface area contributed by atoms with E-state index in [4.69, 9.17) is 18.9 Å². The SMILES string of the molecule is C.C.C.C.C.C.COCCOC1(C)CC2(COC2)O1.[Y]. The summed E-state index contributed by atoms with van der Waals surface area (Å²) >= 11 is 0. The molecule has 0 aromatic heterocycles. The van der Waals surface area contributed by atoms with Crippen LogP contribution in [-0.4, -0.2) is 44.9 Å². The van der Waals surface area contributed by atoms with E-state index in [-0.39, 0.29) is 82.9 Å². The molecule has 1 radical (unpaired) electrons. The fourth-order valence-electron chi connectivity index (χ4n) is 1.95. The van der Waals surface area contributed by atoms with Crippen LogP contribution in [0.3, 0.4) is 0 Å². The van der Waals surface area contributed by atoms with Gasteiger partial charge in [-0.3, -0.25) is 0 Å². The van der Waals surface area contributed by atoms with Gasteiger partial charge >= 0.3 is 0 Å². The average Bonchev–Trinajstić information content (AvgIpc) is 1.97. The second-order valence-electron chi connectivity index (χ2n) is 3.93. The fraction of sp³-hybridized carbons (Fsp3) is 1.00. The Labute approximate surface area is 154 Å². The molecule has 1 spiro atoms. The van der Waals surface area contributed by atoms with Crippen LogP contribution in [0.15, 0.2) is 0 Å². The van der Waals surface area contributed by atoms with Crippen molar-refractivity contribution in [2.75, 3.05) is 33.5 Å². The standard InChI is InChI=1S/C9H16O4.6CH4.Y/c1-8(12-4-3-10-2)5-9(13-8)6-11-7-9;;;;;;;/h3-7H2,1-2H3;6*1H4;. The van der Waals surface area contributed by atoms with Gasteiger partial charge < -0.3 is 18.9 Å². The van der Waals surface area contributed by atoms with Crippen LogP contribution in [0.25, 0.3) is 0 Å². The van der Waals surface area contributed by atoms with Crippen LogP contribution in [-0.2, 0) is 51.7 Å². The third-order valence-electron chi connectivity index (χ3n) is 2.50. The maximum atomic E-state index is 5.69. The molecule has 2 aliphatic heterocycles. The van der Waals surface area contributed by atoms with Gasteiger partial charge in [0.25, 0.3) is 0 Å². The van der Waals surface area contributed by atoms with E-state index in [1.54, 1.807) is 7.11 Å². The molecular formula is C15H40O4Y. The van der Waals surface area contributed by atoms with Crippen molar-refractivity contribution in [1.82, 2.24) is 0 Å². The number of rotatable bonds is 4. The summed E-state index contributed by atoms with van der Waals surface area (Å²) in [6.07, 6.45) is 0.934. The Kier molecular flexibility index (Phi) is 27.7. The Morgan fingerprint density at radius 1 is 0.950 bits per heavy atom. The Hall–Kier alpha value is 0.944. The van der Waals surface area contributed by atoms with Crippen molar-refractivity contribution < 1.29 is 51.7 Å². The maximum Gasteiger partial charge on any atom is 0.169 e. The summed E-state index contributed by atoms with van der Waals surface area (Å²) in [5.74, 6) is -0.400. The van der Waals surface area contributed by atoms with Crippen molar-refractivity contribution in [2.24, 2.45) is 0 Å². The first-order chi connectivity index (χ1) is 6.18. The fourth-order valence-corrected chi connectivity index (χ4v) is 1.95. The molecule has 0 bridgehead atoms. The zero-order valence-corrected chi connectivity index (χ0v) is 11.6. The molecule has 2 fully saturated rings. The van der Waals surface area contributed by atoms with E-state index in [1.807, 2.05) is 6.92 Å². The zero-order valence-electron chi connectivity index (χ0n) is 8.75. The molecule has 2 aliphatic rings. The van der Waals surface area contributed by atoms with E-state index in [0.717, 1.165) is 19.6 Å². The van der Waals surface area contributed by atoms with Crippen molar-refractivity contribution in [3.05, 3.63) is 0 Å². The summed E-state index contributed by atoms with van der Waals surface area (Å²) in [4.78, 5) is 0. The predicted octanol–water partition coefficient (Wildman–Crippen LogP) is 4.37. The van der Waals surface area contributed by atoms with Gasteiger partial charge in [-0.15, -0.1) is 0 Å². The molecule has 2 saturated heterocycles. The molecule has 2 heterocycles. The number of methoxy groups -OCH3 is 1. The molecule has 20 heavy (non-hydrogen) atoms. The second-order valence-corrected chi connectivity index (χ2v) is 3.93. The summed E-state index contributed by atoms with van der Waals surface area (Å²) in [6, 6.07) is 0. The number of ether oxygens (including phenoxy) is 4. The van der Waals surface area contributed by atoms with Crippen molar-refractivity contribution in [3.8, 4) is 0 Å². The van der Waals surface area contributed by atoms with Gasteiger partial charge in [-0.05, 0) is 6.92 Å². The van der Waals surface area contributed by atoms with E-state index in [9.17, 15) is 0 Å². The third kappa shape index (κ3) is 8.40. The number of hydrogen-bond donors (Lipinski definition) is 0. The molecule has 127 valence electrons. The summed E-state index contributed by atoms with van der Waals surface area (Å²) in [5, 5.41) is 0. The molecule has 5 heteroatoms. The van der Waals surface area contributed by atoms with Crippen LogP contribution in [0.2, 0.25) is 0 Å². The minimum atomic E-state index is -0.400. The van der Waals surface area contributed by atoms with E-state index in [1.165, 1.54) is 0 Å². The topological polar surface area (TPSA) is 36.9 Å². The van der Waals surface area contributed by atoms with E-state index in [2.05, 4.69) is 0 Å². The van der Waals surface area contributed by atoms with Crippen LogP contribution in [0.4, 0.5) is 0 Å². The molecular weight excluding hydrogens is 333 g/mol. The summed E-state index contributed by atoms with van der Waals surface area (Å²) in [5.41, 5.74) is -0.0121. The third-order valence-corrected chi connectivity index (χ3v) is 2.50. The van der Waals surface area contributed by atoms with Gasteiger partial charge in [-0.2, -0.15) is 0 Å². The van der Waals surface area contributed by atoms with Crippen LogP contribution < -0.4 is 0 Å². The largest absolute Gasteiger partial charge is 0.382 e. The van der Waals surface area contributed by atoms with Gasteiger partial charge in [-0.1, -0.05) is 44.6 Å². The summed E-state index contributed by atoms with van der Waals surface area (Å²) < 4.78 is 21.2. The van der Waals surface area contributed by atoms with E-state index >= 15 is 0 Å². The summed E-state index contributed by atoms with van der Waals surface area (Å²) in [7, 11) is 1.66. The predicted molar refractivity (Wildman–Crippen MR) is 85.9 cm³/mol. The molecule has 1 atom stereocenters. The van der Waals surface area contributed by atoms with Crippen molar-refractivity contribution >= 4 is 0 Å².